The summed E-state index contributed by atoms with van der Waals surface area (Å²) < 4.78 is 41.3. The van der Waals surface area contributed by atoms with Crippen molar-refractivity contribution in [2.24, 2.45) is 0 Å². The van der Waals surface area contributed by atoms with Crippen LogP contribution >= 0.6 is 0 Å². The fourth-order valence-electron chi connectivity index (χ4n) is 4.73. The van der Waals surface area contributed by atoms with Crippen LogP contribution in [-0.2, 0) is 9.59 Å². The highest BCUT2D eigenvalue weighted by atomic mass is 19.3. The number of rotatable bonds is 5. The highest BCUT2D eigenvalue weighted by Gasteiger charge is 2.36. The summed E-state index contributed by atoms with van der Waals surface area (Å²) in [5, 5.41) is 12.6. The van der Waals surface area contributed by atoms with Gasteiger partial charge in [-0.15, -0.1) is 0 Å². The number of aromatic nitrogens is 2. The average molecular weight is 512 g/mol. The van der Waals surface area contributed by atoms with E-state index in [2.05, 4.69) is 15.3 Å². The van der Waals surface area contributed by atoms with Crippen LogP contribution < -0.4 is 15.1 Å². The fourth-order valence-corrected chi connectivity index (χ4v) is 4.73. The molecule has 1 aromatic carbocycles. The standard InChI is InChI=1S/C26H24F3N5O3/c1-14-23-18(3-2-9-30-23)22-19(11-20(32-25(22)29)33-10-8-17(35)12-33)34(26(14)37)13-21(36)31-16-6-4-15(5-7-16)24(27)28/h2-7,9,11,14,17,24,35H,8,10,12-13H2,1H3,(H,31,36)/t14-,17-/m0/s1. The number of pyridine rings is 2. The molecule has 4 heterocycles. The number of nitrogens with zero attached hydrogens (tertiary/aromatic N) is 4. The summed E-state index contributed by atoms with van der Waals surface area (Å²) in [7, 11) is 0. The van der Waals surface area contributed by atoms with Crippen molar-refractivity contribution in [2.75, 3.05) is 34.8 Å². The van der Waals surface area contributed by atoms with Gasteiger partial charge >= 0.3 is 0 Å². The lowest BCUT2D eigenvalue weighted by Crippen LogP contribution is -2.40. The van der Waals surface area contributed by atoms with Gasteiger partial charge in [-0.1, -0.05) is 18.2 Å². The Bertz CT molecular complexity index is 1350. The SMILES string of the molecule is C[C@@H]1C(=O)N(CC(=O)Nc2ccc(C(F)F)cc2)c2cc(N3CC[C@H](O)C3)nc(F)c2-c2cccnc21. The average Bonchev–Trinajstić information content (AvgIpc) is 3.29. The third kappa shape index (κ3) is 4.74. The molecule has 2 N–H and O–H groups in total. The molecular formula is C26H24F3N5O3. The van der Waals surface area contributed by atoms with Gasteiger partial charge in [-0.2, -0.15) is 4.39 Å². The molecule has 0 saturated carbocycles. The van der Waals surface area contributed by atoms with Crippen molar-refractivity contribution in [2.45, 2.75) is 31.8 Å². The van der Waals surface area contributed by atoms with Crippen LogP contribution in [0.4, 0.5) is 30.4 Å². The Morgan fingerprint density at radius 2 is 2.00 bits per heavy atom. The van der Waals surface area contributed by atoms with Gasteiger partial charge in [0, 0.05) is 42.2 Å². The quantitative estimate of drug-likeness (QED) is 0.505. The van der Waals surface area contributed by atoms with Crippen LogP contribution in [0.5, 0.6) is 0 Å². The number of aliphatic hydroxyl groups is 1. The maximum atomic E-state index is 15.6. The minimum absolute atomic E-state index is 0.0541. The van der Waals surface area contributed by atoms with Crippen LogP contribution in [0.3, 0.4) is 0 Å². The molecule has 0 bridgehead atoms. The lowest BCUT2D eigenvalue weighted by molar-refractivity contribution is -0.122. The Labute approximate surface area is 210 Å². The van der Waals surface area contributed by atoms with Crippen LogP contribution in [0.1, 0.15) is 36.9 Å². The van der Waals surface area contributed by atoms with E-state index in [1.165, 1.54) is 35.4 Å². The van der Waals surface area contributed by atoms with Crippen LogP contribution in [0.2, 0.25) is 0 Å². The molecule has 0 aliphatic carbocycles. The molecule has 2 amide bonds. The first-order chi connectivity index (χ1) is 17.7. The number of benzene rings is 1. The molecule has 2 aliphatic rings. The topological polar surface area (TPSA) is 98.7 Å². The summed E-state index contributed by atoms with van der Waals surface area (Å²) in [5.41, 5.74) is 1.08. The first-order valence-corrected chi connectivity index (χ1v) is 11.8. The number of aliphatic hydroxyl groups excluding tert-OH is 1. The number of anilines is 3. The number of hydrogen-bond acceptors (Lipinski definition) is 6. The fraction of sp³-hybridized carbons (Fsp3) is 0.308. The molecule has 2 aromatic heterocycles. The van der Waals surface area contributed by atoms with Gasteiger partial charge in [0.05, 0.1) is 29.0 Å². The molecule has 37 heavy (non-hydrogen) atoms. The predicted octanol–water partition coefficient (Wildman–Crippen LogP) is 3.88. The van der Waals surface area contributed by atoms with Crippen molar-refractivity contribution in [3.8, 4) is 11.1 Å². The van der Waals surface area contributed by atoms with E-state index in [1.807, 2.05) is 0 Å². The minimum Gasteiger partial charge on any atom is -0.391 e. The Morgan fingerprint density at radius 3 is 2.68 bits per heavy atom. The number of carbonyl (C=O) groups is 2. The van der Waals surface area contributed by atoms with Gasteiger partial charge in [0.25, 0.3) is 6.43 Å². The van der Waals surface area contributed by atoms with Crippen LogP contribution in [0.15, 0.2) is 48.7 Å². The molecule has 0 radical (unpaired) electrons. The smallest absolute Gasteiger partial charge is 0.263 e. The Balaban J connectivity index is 1.53. The number of halogens is 3. The first kappa shape index (κ1) is 24.7. The Kier molecular flexibility index (Phi) is 6.55. The normalized spacial score (nSPS) is 19.0. The molecule has 11 heteroatoms. The van der Waals surface area contributed by atoms with Crippen LogP contribution in [0, 0.1) is 5.95 Å². The second kappa shape index (κ2) is 9.81. The Morgan fingerprint density at radius 1 is 1.24 bits per heavy atom. The third-order valence-corrected chi connectivity index (χ3v) is 6.62. The van der Waals surface area contributed by atoms with Crippen molar-refractivity contribution < 1.29 is 27.9 Å². The zero-order valence-corrected chi connectivity index (χ0v) is 19.9. The van der Waals surface area contributed by atoms with Crippen LogP contribution in [0.25, 0.3) is 11.1 Å². The summed E-state index contributed by atoms with van der Waals surface area (Å²) in [6.45, 7) is 1.91. The van der Waals surface area contributed by atoms with Crippen molar-refractivity contribution >= 4 is 29.0 Å². The van der Waals surface area contributed by atoms with Crippen molar-refractivity contribution in [1.29, 1.82) is 0 Å². The van der Waals surface area contributed by atoms with Crippen LogP contribution in [-0.4, -0.2) is 52.6 Å². The molecule has 2 aliphatic heterocycles. The van der Waals surface area contributed by atoms with E-state index in [0.717, 1.165) is 0 Å². The molecule has 192 valence electrons. The van der Waals surface area contributed by atoms with Crippen molar-refractivity contribution in [1.82, 2.24) is 9.97 Å². The molecule has 2 atom stereocenters. The first-order valence-electron chi connectivity index (χ1n) is 11.8. The van der Waals surface area contributed by atoms with E-state index in [0.29, 0.717) is 24.2 Å². The molecule has 5 rings (SSSR count). The summed E-state index contributed by atoms with van der Waals surface area (Å²) >= 11 is 0. The number of nitrogens with one attached hydrogen (secondary N) is 1. The number of amides is 2. The number of alkyl halides is 2. The third-order valence-electron chi connectivity index (χ3n) is 6.62. The second-order valence-corrected chi connectivity index (χ2v) is 9.11. The van der Waals surface area contributed by atoms with Gasteiger partial charge in [0.1, 0.15) is 12.4 Å². The zero-order valence-electron chi connectivity index (χ0n) is 19.9. The van der Waals surface area contributed by atoms with Crippen molar-refractivity contribution in [3.63, 3.8) is 0 Å². The maximum absolute atomic E-state index is 15.6. The molecule has 1 fully saturated rings. The highest BCUT2D eigenvalue weighted by molar-refractivity contribution is 6.09. The number of fused-ring (bicyclic) bond motifs is 3. The highest BCUT2D eigenvalue weighted by Crippen LogP contribution is 2.42. The summed E-state index contributed by atoms with van der Waals surface area (Å²) in [5.74, 6) is -2.41. The summed E-state index contributed by atoms with van der Waals surface area (Å²) in [4.78, 5) is 38.0. The van der Waals surface area contributed by atoms with Gasteiger partial charge in [-0.3, -0.25) is 14.6 Å². The van der Waals surface area contributed by atoms with E-state index in [-0.39, 0.29) is 34.9 Å². The number of β-amino-alcohol motifs (C(OH)–C–C–N with tert-alkyl or cyclic N) is 1. The maximum Gasteiger partial charge on any atom is 0.263 e. The van der Waals surface area contributed by atoms with E-state index in [9.17, 15) is 23.5 Å². The number of hydrogen-bond donors (Lipinski definition) is 2. The van der Waals surface area contributed by atoms with E-state index in [1.54, 1.807) is 30.0 Å². The lowest BCUT2D eigenvalue weighted by Gasteiger charge is -2.26. The summed E-state index contributed by atoms with van der Waals surface area (Å²) in [6, 6.07) is 9.94. The monoisotopic (exact) mass is 511 g/mol. The molecule has 8 nitrogen and oxygen atoms in total. The molecule has 1 saturated heterocycles. The molecule has 0 unspecified atom stereocenters. The number of carbonyl (C=O) groups excluding carboxylic acids is 2. The van der Waals surface area contributed by atoms with E-state index in [4.69, 9.17) is 0 Å². The largest absolute Gasteiger partial charge is 0.391 e. The van der Waals surface area contributed by atoms with Gasteiger partial charge in [-0.25, -0.2) is 13.8 Å². The molecular weight excluding hydrogens is 487 g/mol. The predicted molar refractivity (Wildman–Crippen MR) is 131 cm³/mol. The second-order valence-electron chi connectivity index (χ2n) is 9.11. The molecule has 0 spiro atoms. The minimum atomic E-state index is -2.64. The van der Waals surface area contributed by atoms with E-state index < -0.39 is 42.8 Å². The summed E-state index contributed by atoms with van der Waals surface area (Å²) in [6.07, 6.45) is -1.20. The zero-order chi connectivity index (χ0) is 26.3. The lowest BCUT2D eigenvalue weighted by atomic mass is 9.98. The van der Waals surface area contributed by atoms with Gasteiger partial charge in [0.2, 0.25) is 17.8 Å². The van der Waals surface area contributed by atoms with E-state index >= 15 is 4.39 Å². The molecule has 3 aromatic rings. The van der Waals surface area contributed by atoms with Gasteiger partial charge < -0.3 is 20.2 Å². The van der Waals surface area contributed by atoms with Crippen molar-refractivity contribution in [3.05, 3.63) is 65.9 Å². The van der Waals surface area contributed by atoms with Gasteiger partial charge in [-0.05, 0) is 31.5 Å². The van der Waals surface area contributed by atoms with Gasteiger partial charge in [0.15, 0.2) is 0 Å². The Hall–Kier alpha value is -3.99.